The Morgan fingerprint density at radius 2 is 2.22 bits per heavy atom. The van der Waals surface area contributed by atoms with Crippen molar-refractivity contribution >= 4 is 17.5 Å². The smallest absolute Gasteiger partial charge is 0.263 e. The lowest BCUT2D eigenvalue weighted by molar-refractivity contribution is -0.148. The number of likely N-dealkylation sites (tertiary alicyclic amines) is 1. The number of nitrogens with zero attached hydrogens (tertiary/aromatic N) is 1. The highest BCUT2D eigenvalue weighted by Gasteiger charge is 2.32. The predicted octanol–water partition coefficient (Wildman–Crippen LogP) is 1.62. The average Bonchev–Trinajstić information content (AvgIpc) is 2.29. The fourth-order valence-electron chi connectivity index (χ4n) is 1.83. The standard InChI is InChI=1S/C13H16ClNO3/c1-8-3-4-11(14)12(5-8)18-9(2)13(17)15-6-10(16)7-15/h3-5,9-10,16H,6-7H2,1-2H3. The van der Waals surface area contributed by atoms with Crippen LogP contribution in [0.5, 0.6) is 5.75 Å². The summed E-state index contributed by atoms with van der Waals surface area (Å²) >= 11 is 6.01. The van der Waals surface area contributed by atoms with Gasteiger partial charge in [0.1, 0.15) is 5.75 Å². The van der Waals surface area contributed by atoms with E-state index in [1.165, 1.54) is 0 Å². The van der Waals surface area contributed by atoms with Crippen LogP contribution in [0.1, 0.15) is 12.5 Å². The molecule has 1 saturated heterocycles. The maximum Gasteiger partial charge on any atom is 0.263 e. The van der Waals surface area contributed by atoms with Crippen molar-refractivity contribution < 1.29 is 14.6 Å². The third-order valence-corrected chi connectivity index (χ3v) is 3.22. The van der Waals surface area contributed by atoms with Gasteiger partial charge in [0, 0.05) is 13.1 Å². The number of amides is 1. The summed E-state index contributed by atoms with van der Waals surface area (Å²) in [7, 11) is 0. The van der Waals surface area contributed by atoms with Gasteiger partial charge in [0.15, 0.2) is 6.10 Å². The molecular weight excluding hydrogens is 254 g/mol. The summed E-state index contributed by atoms with van der Waals surface area (Å²) in [4.78, 5) is 13.5. The Bertz CT molecular complexity index is 458. The number of ether oxygens (including phenoxy) is 1. The number of benzene rings is 1. The Morgan fingerprint density at radius 1 is 1.56 bits per heavy atom. The van der Waals surface area contributed by atoms with E-state index in [1.807, 2.05) is 13.0 Å². The highest BCUT2D eigenvalue weighted by Crippen LogP contribution is 2.26. The van der Waals surface area contributed by atoms with E-state index in [2.05, 4.69) is 0 Å². The molecule has 0 aromatic heterocycles. The van der Waals surface area contributed by atoms with Crippen LogP contribution in [0.15, 0.2) is 18.2 Å². The molecule has 1 atom stereocenters. The van der Waals surface area contributed by atoms with Crippen LogP contribution < -0.4 is 4.74 Å². The van der Waals surface area contributed by atoms with Crippen molar-refractivity contribution in [1.29, 1.82) is 0 Å². The van der Waals surface area contributed by atoms with E-state index < -0.39 is 12.2 Å². The second-order valence-corrected chi connectivity index (χ2v) is 5.00. The van der Waals surface area contributed by atoms with Crippen molar-refractivity contribution in [3.63, 3.8) is 0 Å². The Balaban J connectivity index is 2.00. The van der Waals surface area contributed by atoms with Gasteiger partial charge < -0.3 is 14.7 Å². The molecule has 1 heterocycles. The van der Waals surface area contributed by atoms with Gasteiger partial charge in [-0.2, -0.15) is 0 Å². The quantitative estimate of drug-likeness (QED) is 0.907. The second-order valence-electron chi connectivity index (χ2n) is 4.59. The zero-order valence-electron chi connectivity index (χ0n) is 10.4. The minimum Gasteiger partial charge on any atom is -0.479 e. The van der Waals surface area contributed by atoms with Gasteiger partial charge in [-0.1, -0.05) is 17.7 Å². The molecule has 1 unspecified atom stereocenters. The van der Waals surface area contributed by atoms with Gasteiger partial charge in [-0.05, 0) is 31.5 Å². The summed E-state index contributed by atoms with van der Waals surface area (Å²) in [6.07, 6.45) is -1.000. The fourth-order valence-corrected chi connectivity index (χ4v) is 2.00. The second kappa shape index (κ2) is 5.16. The molecule has 1 amide bonds. The first-order chi connectivity index (χ1) is 8.47. The molecule has 0 radical (unpaired) electrons. The Labute approximate surface area is 111 Å². The Morgan fingerprint density at radius 3 is 2.83 bits per heavy atom. The summed E-state index contributed by atoms with van der Waals surface area (Å²) in [5, 5.41) is 9.65. The van der Waals surface area contributed by atoms with Gasteiger partial charge in [-0.15, -0.1) is 0 Å². The van der Waals surface area contributed by atoms with Gasteiger partial charge in [-0.3, -0.25) is 4.79 Å². The average molecular weight is 270 g/mol. The third kappa shape index (κ3) is 2.76. The molecule has 1 aromatic rings. The van der Waals surface area contributed by atoms with E-state index in [9.17, 15) is 4.79 Å². The number of rotatable bonds is 3. The molecular formula is C13H16ClNO3. The summed E-state index contributed by atoms with van der Waals surface area (Å²) < 4.78 is 5.58. The van der Waals surface area contributed by atoms with Gasteiger partial charge in [-0.25, -0.2) is 0 Å². The molecule has 0 spiro atoms. The lowest BCUT2D eigenvalue weighted by Crippen LogP contribution is -2.56. The normalized spacial score (nSPS) is 17.2. The summed E-state index contributed by atoms with van der Waals surface area (Å²) in [5.41, 5.74) is 1.02. The van der Waals surface area contributed by atoms with Crippen LogP contribution in [0.3, 0.4) is 0 Å². The molecule has 98 valence electrons. The Kier molecular flexibility index (Phi) is 3.78. The molecule has 1 N–H and O–H groups in total. The summed E-state index contributed by atoms with van der Waals surface area (Å²) in [6.45, 7) is 4.38. The van der Waals surface area contributed by atoms with E-state index in [-0.39, 0.29) is 5.91 Å². The van der Waals surface area contributed by atoms with Crippen LogP contribution in [0.2, 0.25) is 5.02 Å². The number of hydrogen-bond donors (Lipinski definition) is 1. The van der Waals surface area contributed by atoms with Crippen molar-refractivity contribution in [2.24, 2.45) is 0 Å². The molecule has 1 fully saturated rings. The van der Waals surface area contributed by atoms with Crippen LogP contribution in [-0.4, -0.2) is 41.2 Å². The lowest BCUT2D eigenvalue weighted by atomic mass is 10.1. The number of β-amino-alcohol motifs (C(OH)–C–C–N with tert-alkyl or cyclic N) is 1. The van der Waals surface area contributed by atoms with Gasteiger partial charge >= 0.3 is 0 Å². The highest BCUT2D eigenvalue weighted by atomic mass is 35.5. The molecule has 1 aromatic carbocycles. The van der Waals surface area contributed by atoms with Crippen molar-refractivity contribution in [2.75, 3.05) is 13.1 Å². The molecule has 5 heteroatoms. The van der Waals surface area contributed by atoms with E-state index in [4.69, 9.17) is 21.4 Å². The molecule has 2 rings (SSSR count). The number of carbonyl (C=O) groups is 1. The monoisotopic (exact) mass is 269 g/mol. The largest absolute Gasteiger partial charge is 0.479 e. The first kappa shape index (κ1) is 13.2. The fraction of sp³-hybridized carbons (Fsp3) is 0.462. The molecule has 1 aliphatic rings. The number of aliphatic hydroxyl groups is 1. The van der Waals surface area contributed by atoms with E-state index in [0.717, 1.165) is 5.56 Å². The van der Waals surface area contributed by atoms with Gasteiger partial charge in [0.25, 0.3) is 5.91 Å². The number of aryl methyl sites for hydroxylation is 1. The first-order valence-electron chi connectivity index (χ1n) is 5.87. The maximum atomic E-state index is 11.9. The topological polar surface area (TPSA) is 49.8 Å². The lowest BCUT2D eigenvalue weighted by Gasteiger charge is -2.37. The van der Waals surface area contributed by atoms with Crippen molar-refractivity contribution in [2.45, 2.75) is 26.1 Å². The third-order valence-electron chi connectivity index (χ3n) is 2.91. The summed E-state index contributed by atoms with van der Waals surface area (Å²) in [6, 6.07) is 5.43. The van der Waals surface area contributed by atoms with Gasteiger partial charge in [0.05, 0.1) is 11.1 Å². The SMILES string of the molecule is Cc1ccc(Cl)c(OC(C)C(=O)N2CC(O)C2)c1. The number of hydrogen-bond acceptors (Lipinski definition) is 3. The zero-order valence-corrected chi connectivity index (χ0v) is 11.1. The minimum atomic E-state index is -0.600. The summed E-state index contributed by atoms with van der Waals surface area (Å²) in [5.74, 6) is 0.386. The number of aliphatic hydroxyl groups excluding tert-OH is 1. The van der Waals surface area contributed by atoms with Crippen LogP contribution >= 0.6 is 11.6 Å². The number of halogens is 1. The maximum absolute atomic E-state index is 11.9. The molecule has 4 nitrogen and oxygen atoms in total. The zero-order chi connectivity index (χ0) is 13.3. The molecule has 1 aliphatic heterocycles. The van der Waals surface area contributed by atoms with Gasteiger partial charge in [0.2, 0.25) is 0 Å². The van der Waals surface area contributed by atoms with Crippen LogP contribution in [0, 0.1) is 6.92 Å². The number of carbonyl (C=O) groups excluding carboxylic acids is 1. The van der Waals surface area contributed by atoms with Crippen LogP contribution in [0.25, 0.3) is 0 Å². The Hall–Kier alpha value is -1.26. The first-order valence-corrected chi connectivity index (χ1v) is 6.25. The molecule has 0 aliphatic carbocycles. The highest BCUT2D eigenvalue weighted by molar-refractivity contribution is 6.32. The van der Waals surface area contributed by atoms with E-state index >= 15 is 0 Å². The molecule has 0 saturated carbocycles. The van der Waals surface area contributed by atoms with Crippen molar-refractivity contribution in [3.8, 4) is 5.75 Å². The van der Waals surface area contributed by atoms with Crippen molar-refractivity contribution in [3.05, 3.63) is 28.8 Å². The molecule has 0 bridgehead atoms. The van der Waals surface area contributed by atoms with Crippen molar-refractivity contribution in [1.82, 2.24) is 4.90 Å². The van der Waals surface area contributed by atoms with E-state index in [1.54, 1.807) is 24.0 Å². The minimum absolute atomic E-state index is 0.127. The predicted molar refractivity (Wildman–Crippen MR) is 68.9 cm³/mol. The van der Waals surface area contributed by atoms with Crippen LogP contribution in [-0.2, 0) is 4.79 Å². The van der Waals surface area contributed by atoms with E-state index in [0.29, 0.717) is 23.9 Å². The van der Waals surface area contributed by atoms with Crippen LogP contribution in [0.4, 0.5) is 0 Å². The molecule has 18 heavy (non-hydrogen) atoms.